The molecule has 2 rings (SSSR count). The molecule has 2 aliphatic rings. The Labute approximate surface area is 98.1 Å². The molecule has 1 saturated carbocycles. The van der Waals surface area contributed by atoms with Crippen LogP contribution in [0.3, 0.4) is 0 Å². The number of methoxy groups -OCH3 is 1. The fourth-order valence-corrected chi connectivity index (χ4v) is 2.80. The van der Waals surface area contributed by atoms with Crippen molar-refractivity contribution in [2.45, 2.75) is 31.3 Å². The molecule has 0 aromatic rings. The minimum absolute atomic E-state index is 0.268. The van der Waals surface area contributed by atoms with E-state index in [9.17, 15) is 0 Å². The van der Waals surface area contributed by atoms with Gasteiger partial charge in [-0.2, -0.15) is 0 Å². The molecule has 0 radical (unpaired) electrons. The summed E-state index contributed by atoms with van der Waals surface area (Å²) in [6.45, 7) is 4.06. The van der Waals surface area contributed by atoms with E-state index >= 15 is 0 Å². The Bertz CT molecular complexity index is 253. The number of hydrogen-bond acceptors (Lipinski definition) is 3. The highest BCUT2D eigenvalue weighted by atomic mass is 16.5. The van der Waals surface area contributed by atoms with Crippen LogP contribution in [-0.4, -0.2) is 61.6 Å². The molecule has 16 heavy (non-hydrogen) atoms. The first kappa shape index (κ1) is 11.9. The number of piperazine rings is 1. The van der Waals surface area contributed by atoms with E-state index in [1.165, 1.54) is 12.8 Å². The molecule has 2 fully saturated rings. The Hall–Kier alpha value is -0.610. The van der Waals surface area contributed by atoms with Gasteiger partial charge in [0, 0.05) is 33.3 Å². The van der Waals surface area contributed by atoms with E-state index in [2.05, 4.69) is 16.8 Å². The van der Waals surface area contributed by atoms with Crippen LogP contribution < -0.4 is 0 Å². The first-order valence-electron chi connectivity index (χ1n) is 6.26. The van der Waals surface area contributed by atoms with E-state index in [0.29, 0.717) is 0 Å². The van der Waals surface area contributed by atoms with E-state index in [-0.39, 0.29) is 5.60 Å². The highest BCUT2D eigenvalue weighted by Gasteiger charge is 2.41. The van der Waals surface area contributed by atoms with Crippen molar-refractivity contribution in [1.29, 1.82) is 5.41 Å². The van der Waals surface area contributed by atoms with Crippen molar-refractivity contribution in [3.05, 3.63) is 0 Å². The molecule has 0 spiro atoms. The van der Waals surface area contributed by atoms with Crippen molar-refractivity contribution in [2.24, 2.45) is 0 Å². The molecule has 0 aromatic carbocycles. The van der Waals surface area contributed by atoms with Crippen LogP contribution in [0.1, 0.15) is 25.7 Å². The lowest BCUT2D eigenvalue weighted by molar-refractivity contribution is 0.0403. The molecule has 92 valence electrons. The molecular formula is C12H23N3O. The zero-order chi connectivity index (χ0) is 11.6. The van der Waals surface area contributed by atoms with Gasteiger partial charge in [0.25, 0.3) is 0 Å². The second-order valence-corrected chi connectivity index (χ2v) is 5.04. The average molecular weight is 225 g/mol. The topological polar surface area (TPSA) is 39.6 Å². The van der Waals surface area contributed by atoms with E-state index < -0.39 is 0 Å². The molecule has 0 amide bonds. The number of amidine groups is 1. The summed E-state index contributed by atoms with van der Waals surface area (Å²) in [5.74, 6) is 0.723. The molecule has 1 N–H and O–H groups in total. The number of nitrogens with one attached hydrogen (secondary N) is 1. The van der Waals surface area contributed by atoms with Crippen molar-refractivity contribution in [2.75, 3.05) is 40.3 Å². The fraction of sp³-hybridized carbons (Fsp3) is 0.917. The molecule has 1 saturated heterocycles. The van der Waals surface area contributed by atoms with Crippen LogP contribution in [0.15, 0.2) is 0 Å². The number of likely N-dealkylation sites (N-methyl/N-ethyl adjacent to an activating group) is 1. The van der Waals surface area contributed by atoms with E-state index in [4.69, 9.17) is 10.1 Å². The third-order valence-corrected chi connectivity index (χ3v) is 4.05. The van der Waals surface area contributed by atoms with Gasteiger partial charge < -0.3 is 14.5 Å². The van der Waals surface area contributed by atoms with Gasteiger partial charge in [-0.05, 0) is 32.7 Å². The van der Waals surface area contributed by atoms with Gasteiger partial charge in [0.15, 0.2) is 0 Å². The molecule has 1 aliphatic carbocycles. The molecular weight excluding hydrogens is 202 g/mol. The van der Waals surface area contributed by atoms with Crippen molar-refractivity contribution < 1.29 is 4.74 Å². The minimum Gasteiger partial charge on any atom is -0.370 e. The predicted octanol–water partition coefficient (Wildman–Crippen LogP) is 1.17. The van der Waals surface area contributed by atoms with Crippen LogP contribution in [0.25, 0.3) is 0 Å². The van der Waals surface area contributed by atoms with E-state index in [1.54, 1.807) is 7.11 Å². The van der Waals surface area contributed by atoms with Crippen LogP contribution in [0, 0.1) is 5.41 Å². The molecule has 0 aromatic heterocycles. The Morgan fingerprint density at radius 3 is 2.19 bits per heavy atom. The Morgan fingerprint density at radius 2 is 1.69 bits per heavy atom. The van der Waals surface area contributed by atoms with Crippen LogP contribution in [0.5, 0.6) is 0 Å². The largest absolute Gasteiger partial charge is 0.370 e. The molecule has 1 aliphatic heterocycles. The Morgan fingerprint density at radius 1 is 1.12 bits per heavy atom. The van der Waals surface area contributed by atoms with Gasteiger partial charge in [-0.25, -0.2) is 0 Å². The average Bonchev–Trinajstić information content (AvgIpc) is 2.79. The summed E-state index contributed by atoms with van der Waals surface area (Å²) in [7, 11) is 3.90. The van der Waals surface area contributed by atoms with E-state index in [1.807, 2.05) is 0 Å². The molecule has 0 unspecified atom stereocenters. The molecule has 0 bridgehead atoms. The quantitative estimate of drug-likeness (QED) is 0.566. The zero-order valence-electron chi connectivity index (χ0n) is 10.5. The highest BCUT2D eigenvalue weighted by molar-refractivity contribution is 5.88. The Balaban J connectivity index is 2.00. The summed E-state index contributed by atoms with van der Waals surface area (Å²) in [5, 5.41) is 8.38. The maximum atomic E-state index is 8.38. The number of hydrogen-bond donors (Lipinski definition) is 1. The standard InChI is InChI=1S/C12H23N3O/c1-14-7-9-15(10-8-14)11(13)12(16-2)5-3-4-6-12/h13H,3-10H2,1-2H3. The van der Waals surface area contributed by atoms with Crippen molar-refractivity contribution in [1.82, 2.24) is 9.80 Å². The lowest BCUT2D eigenvalue weighted by Crippen LogP contribution is -2.54. The lowest BCUT2D eigenvalue weighted by atomic mass is 9.99. The second kappa shape index (κ2) is 4.72. The summed E-state index contributed by atoms with van der Waals surface area (Å²) >= 11 is 0. The van der Waals surface area contributed by atoms with E-state index in [0.717, 1.165) is 44.9 Å². The summed E-state index contributed by atoms with van der Waals surface area (Å²) < 4.78 is 5.66. The van der Waals surface area contributed by atoms with Crippen LogP contribution in [-0.2, 0) is 4.74 Å². The van der Waals surface area contributed by atoms with Crippen molar-refractivity contribution in [3.8, 4) is 0 Å². The zero-order valence-corrected chi connectivity index (χ0v) is 10.5. The van der Waals surface area contributed by atoms with Gasteiger partial charge in [0.2, 0.25) is 0 Å². The fourth-order valence-electron chi connectivity index (χ4n) is 2.80. The summed E-state index contributed by atoms with van der Waals surface area (Å²) in [6.07, 6.45) is 4.44. The normalized spacial score (nSPS) is 26.0. The number of nitrogens with zero attached hydrogens (tertiary/aromatic N) is 2. The number of ether oxygens (including phenoxy) is 1. The maximum absolute atomic E-state index is 8.38. The van der Waals surface area contributed by atoms with Crippen LogP contribution in [0.4, 0.5) is 0 Å². The second-order valence-electron chi connectivity index (χ2n) is 5.04. The predicted molar refractivity (Wildman–Crippen MR) is 65.0 cm³/mol. The van der Waals surface area contributed by atoms with Crippen LogP contribution >= 0.6 is 0 Å². The molecule has 0 atom stereocenters. The SMILES string of the molecule is COC1(C(=N)N2CCN(C)CC2)CCCC1. The first-order valence-corrected chi connectivity index (χ1v) is 6.26. The molecule has 4 nitrogen and oxygen atoms in total. The lowest BCUT2D eigenvalue weighted by Gasteiger charge is -2.40. The van der Waals surface area contributed by atoms with Gasteiger partial charge in [-0.1, -0.05) is 0 Å². The summed E-state index contributed by atoms with van der Waals surface area (Å²) in [5.41, 5.74) is -0.268. The smallest absolute Gasteiger partial charge is 0.129 e. The maximum Gasteiger partial charge on any atom is 0.129 e. The monoisotopic (exact) mass is 225 g/mol. The minimum atomic E-state index is -0.268. The third-order valence-electron chi connectivity index (χ3n) is 4.05. The van der Waals surface area contributed by atoms with Crippen LogP contribution in [0.2, 0.25) is 0 Å². The Kier molecular flexibility index (Phi) is 3.50. The summed E-state index contributed by atoms with van der Waals surface area (Å²) in [6, 6.07) is 0. The highest BCUT2D eigenvalue weighted by Crippen LogP contribution is 2.34. The van der Waals surface area contributed by atoms with Gasteiger partial charge in [0.1, 0.15) is 11.4 Å². The van der Waals surface area contributed by atoms with Gasteiger partial charge in [-0.3, -0.25) is 5.41 Å². The summed E-state index contributed by atoms with van der Waals surface area (Å²) in [4.78, 5) is 4.52. The molecule has 4 heteroatoms. The van der Waals surface area contributed by atoms with Gasteiger partial charge in [0.05, 0.1) is 0 Å². The van der Waals surface area contributed by atoms with Crippen molar-refractivity contribution >= 4 is 5.84 Å². The van der Waals surface area contributed by atoms with Gasteiger partial charge >= 0.3 is 0 Å². The first-order chi connectivity index (χ1) is 7.68. The third kappa shape index (κ3) is 2.09. The van der Waals surface area contributed by atoms with Gasteiger partial charge in [-0.15, -0.1) is 0 Å². The number of rotatable bonds is 2. The molecule has 1 heterocycles. The van der Waals surface area contributed by atoms with Crippen molar-refractivity contribution in [3.63, 3.8) is 0 Å².